The zero-order valence-corrected chi connectivity index (χ0v) is 25.6. The van der Waals surface area contributed by atoms with Gasteiger partial charge in [0.1, 0.15) is 5.75 Å². The highest BCUT2D eigenvalue weighted by molar-refractivity contribution is 7.89. The maximum atomic E-state index is 13.5. The topological polar surface area (TPSA) is 137 Å². The van der Waals surface area contributed by atoms with Crippen LogP contribution in [0, 0.1) is 0 Å². The number of methoxy groups -OCH3 is 1. The molecule has 1 N–H and O–H groups in total. The first-order chi connectivity index (χ1) is 21.2. The fraction of sp³-hybridized carbons (Fsp3) is 0.419. The quantitative estimate of drug-likeness (QED) is 0.340. The molecule has 0 saturated carbocycles. The van der Waals surface area contributed by atoms with Gasteiger partial charge in [-0.3, -0.25) is 14.2 Å². The molecule has 3 aromatic rings. The molecular formula is C31H37N3O9S. The summed E-state index contributed by atoms with van der Waals surface area (Å²) in [5.41, 5.74) is 1.61. The van der Waals surface area contributed by atoms with E-state index < -0.39 is 16.3 Å². The number of allylic oxidation sites excluding steroid dienone is 1. The summed E-state index contributed by atoms with van der Waals surface area (Å²) in [6, 6.07) is 13.6. The van der Waals surface area contributed by atoms with E-state index in [0.29, 0.717) is 38.5 Å². The van der Waals surface area contributed by atoms with Crippen LogP contribution in [0.4, 0.5) is 0 Å². The average molecular weight is 628 g/mol. The number of rotatable bonds is 11. The van der Waals surface area contributed by atoms with E-state index in [4.69, 9.17) is 18.9 Å². The highest BCUT2D eigenvalue weighted by atomic mass is 32.2. The summed E-state index contributed by atoms with van der Waals surface area (Å²) in [6.07, 6.45) is 3.02. The molecule has 1 amide bonds. The molecule has 2 aliphatic rings. The summed E-state index contributed by atoms with van der Waals surface area (Å²) in [5, 5.41) is 10.5. The molecule has 0 unspecified atom stereocenters. The van der Waals surface area contributed by atoms with Crippen molar-refractivity contribution in [3.8, 4) is 5.75 Å². The molecule has 0 aliphatic carbocycles. The largest absolute Gasteiger partial charge is 0.497 e. The van der Waals surface area contributed by atoms with Crippen LogP contribution in [0.3, 0.4) is 0 Å². The SMILES string of the molecule is COc1ccc(S(=O)(=O)N(CCO)CCO[C@H]2C[C@@H](c3cn(C(C)=O)c4ccccc34)C=C(C(=O)N3CCOCC3)O2)cc1. The van der Waals surface area contributed by atoms with Crippen LogP contribution in [0.15, 0.2) is 71.5 Å². The van der Waals surface area contributed by atoms with Crippen molar-refractivity contribution in [2.45, 2.75) is 30.4 Å². The van der Waals surface area contributed by atoms with Crippen molar-refractivity contribution in [1.82, 2.24) is 13.8 Å². The number of fused-ring (bicyclic) bond motifs is 1. The Morgan fingerprint density at radius 1 is 1.07 bits per heavy atom. The van der Waals surface area contributed by atoms with Crippen molar-refractivity contribution in [3.05, 3.63) is 72.1 Å². The van der Waals surface area contributed by atoms with Gasteiger partial charge in [-0.25, -0.2) is 8.42 Å². The Morgan fingerprint density at radius 2 is 1.80 bits per heavy atom. The molecule has 1 aromatic heterocycles. The fourth-order valence-electron chi connectivity index (χ4n) is 5.46. The zero-order chi connectivity index (χ0) is 31.3. The van der Waals surface area contributed by atoms with Gasteiger partial charge in [0, 0.05) is 57.0 Å². The molecule has 12 nitrogen and oxygen atoms in total. The number of aliphatic hydroxyl groups excluding tert-OH is 1. The number of benzene rings is 2. The second-order valence-electron chi connectivity index (χ2n) is 10.5. The Kier molecular flexibility index (Phi) is 10.0. The maximum Gasteiger partial charge on any atom is 0.288 e. The van der Waals surface area contributed by atoms with Gasteiger partial charge in [-0.15, -0.1) is 0 Å². The van der Waals surface area contributed by atoms with Gasteiger partial charge < -0.3 is 29.0 Å². The van der Waals surface area contributed by atoms with E-state index in [1.54, 1.807) is 33.9 Å². The smallest absolute Gasteiger partial charge is 0.288 e. The third-order valence-corrected chi connectivity index (χ3v) is 9.65. The molecule has 2 atom stereocenters. The molecule has 0 bridgehead atoms. The minimum Gasteiger partial charge on any atom is -0.497 e. The molecule has 2 aromatic carbocycles. The van der Waals surface area contributed by atoms with Gasteiger partial charge in [0.05, 0.1) is 43.9 Å². The first-order valence-electron chi connectivity index (χ1n) is 14.5. The number of aliphatic hydroxyl groups is 1. The number of nitrogens with zero attached hydrogens (tertiary/aromatic N) is 3. The summed E-state index contributed by atoms with van der Waals surface area (Å²) >= 11 is 0. The number of hydrogen-bond acceptors (Lipinski definition) is 9. The van der Waals surface area contributed by atoms with E-state index in [9.17, 15) is 23.1 Å². The van der Waals surface area contributed by atoms with Gasteiger partial charge >= 0.3 is 0 Å². The van der Waals surface area contributed by atoms with E-state index in [-0.39, 0.29) is 54.7 Å². The summed E-state index contributed by atoms with van der Waals surface area (Å²) in [7, 11) is -2.44. The van der Waals surface area contributed by atoms with Gasteiger partial charge in [-0.2, -0.15) is 4.31 Å². The van der Waals surface area contributed by atoms with Gasteiger partial charge in [0.25, 0.3) is 5.91 Å². The Labute approximate surface area is 256 Å². The molecule has 236 valence electrons. The molecule has 1 saturated heterocycles. The first-order valence-corrected chi connectivity index (χ1v) is 15.9. The summed E-state index contributed by atoms with van der Waals surface area (Å²) in [4.78, 5) is 27.6. The van der Waals surface area contributed by atoms with Crippen LogP contribution in [0.25, 0.3) is 10.9 Å². The number of ether oxygens (including phenoxy) is 4. The van der Waals surface area contributed by atoms with E-state index in [1.165, 1.54) is 26.2 Å². The van der Waals surface area contributed by atoms with Gasteiger partial charge in [0.2, 0.25) is 22.2 Å². The van der Waals surface area contributed by atoms with Crippen molar-refractivity contribution < 1.29 is 42.1 Å². The van der Waals surface area contributed by atoms with Gasteiger partial charge in [-0.05, 0) is 42.0 Å². The fourth-order valence-corrected chi connectivity index (χ4v) is 6.87. The Morgan fingerprint density at radius 3 is 2.48 bits per heavy atom. The van der Waals surface area contributed by atoms with Crippen molar-refractivity contribution in [1.29, 1.82) is 0 Å². The number of carbonyl (C=O) groups is 2. The van der Waals surface area contributed by atoms with Crippen molar-refractivity contribution in [2.75, 3.05) is 59.7 Å². The highest BCUT2D eigenvalue weighted by Gasteiger charge is 2.33. The van der Waals surface area contributed by atoms with Crippen molar-refractivity contribution >= 4 is 32.7 Å². The molecule has 2 aliphatic heterocycles. The van der Waals surface area contributed by atoms with Gasteiger partial charge in [-0.1, -0.05) is 18.2 Å². The van der Waals surface area contributed by atoms with Crippen molar-refractivity contribution in [3.63, 3.8) is 0 Å². The number of amides is 1. The average Bonchev–Trinajstić information content (AvgIpc) is 3.44. The molecule has 5 rings (SSSR count). The third kappa shape index (κ3) is 6.81. The Bertz CT molecular complexity index is 1610. The normalized spacial score (nSPS) is 19.1. The lowest BCUT2D eigenvalue weighted by molar-refractivity contribution is -0.155. The number of sulfonamides is 1. The van der Waals surface area contributed by atoms with Gasteiger partial charge in [0.15, 0.2) is 5.76 Å². The molecule has 44 heavy (non-hydrogen) atoms. The third-order valence-electron chi connectivity index (χ3n) is 7.74. The monoisotopic (exact) mass is 627 g/mol. The lowest BCUT2D eigenvalue weighted by Crippen LogP contribution is -2.43. The Balaban J connectivity index is 1.37. The van der Waals surface area contributed by atoms with Crippen LogP contribution in [-0.4, -0.2) is 105 Å². The maximum absolute atomic E-state index is 13.5. The minimum absolute atomic E-state index is 0.0546. The van der Waals surface area contributed by atoms with Crippen LogP contribution in [-0.2, 0) is 29.0 Å². The van der Waals surface area contributed by atoms with Crippen LogP contribution in [0.1, 0.15) is 29.6 Å². The van der Waals surface area contributed by atoms with E-state index >= 15 is 0 Å². The van der Waals surface area contributed by atoms with E-state index in [0.717, 1.165) is 20.8 Å². The summed E-state index contributed by atoms with van der Waals surface area (Å²) in [5.74, 6) is -0.0950. The lowest BCUT2D eigenvalue weighted by atomic mass is 9.92. The predicted octanol–water partition coefficient (Wildman–Crippen LogP) is 2.58. The number of aromatic nitrogens is 1. The number of carbonyl (C=O) groups excluding carboxylic acids is 2. The number of hydrogen-bond donors (Lipinski definition) is 1. The van der Waals surface area contributed by atoms with E-state index in [2.05, 4.69) is 0 Å². The molecule has 13 heteroatoms. The lowest BCUT2D eigenvalue weighted by Gasteiger charge is -2.33. The Hall–Kier alpha value is -3.75. The molecule has 0 spiro atoms. The molecular weight excluding hydrogens is 590 g/mol. The molecule has 0 radical (unpaired) electrons. The minimum atomic E-state index is -3.94. The van der Waals surface area contributed by atoms with Crippen LogP contribution >= 0.6 is 0 Å². The van der Waals surface area contributed by atoms with Crippen molar-refractivity contribution in [2.24, 2.45) is 0 Å². The van der Waals surface area contributed by atoms with Crippen LogP contribution < -0.4 is 4.74 Å². The van der Waals surface area contributed by atoms with E-state index in [1.807, 2.05) is 24.3 Å². The second kappa shape index (κ2) is 13.9. The zero-order valence-electron chi connectivity index (χ0n) is 24.8. The predicted molar refractivity (Wildman–Crippen MR) is 161 cm³/mol. The van der Waals surface area contributed by atoms with Crippen LogP contribution in [0.2, 0.25) is 0 Å². The number of para-hydroxylation sites is 1. The standard InChI is InChI=1S/C31H37N3O9S/c1-22(36)34-21-27(26-5-3-4-6-28(26)34)23-19-29(31(37)32-12-16-41-17-13-32)43-30(20-23)42-18-14-33(11-15-35)44(38,39)25-9-7-24(40-2)8-10-25/h3-10,19,21,23,30,35H,11-18,20H2,1-2H3/t23-,30+/m0/s1. The highest BCUT2D eigenvalue weighted by Crippen LogP contribution is 2.37. The molecule has 3 heterocycles. The first kappa shape index (κ1) is 31.7. The van der Waals surface area contributed by atoms with Crippen LogP contribution in [0.5, 0.6) is 5.75 Å². The summed E-state index contributed by atoms with van der Waals surface area (Å²) in [6.45, 7) is 2.59. The second-order valence-corrected chi connectivity index (χ2v) is 12.4. The summed E-state index contributed by atoms with van der Waals surface area (Å²) < 4.78 is 52.0. The molecule has 1 fully saturated rings. The number of morpholine rings is 1.